The Hall–Kier alpha value is -1.50. The van der Waals surface area contributed by atoms with Crippen LogP contribution in [0.3, 0.4) is 0 Å². The van der Waals surface area contributed by atoms with Gasteiger partial charge in [0.2, 0.25) is 5.91 Å². The Labute approximate surface area is 107 Å². The number of amides is 1. The summed E-state index contributed by atoms with van der Waals surface area (Å²) < 4.78 is 1.73. The Morgan fingerprint density at radius 3 is 2.78 bits per heavy atom. The van der Waals surface area contributed by atoms with E-state index < -0.39 is 0 Å². The molecule has 0 unspecified atom stereocenters. The Balaban J connectivity index is 1.86. The van der Waals surface area contributed by atoms with Crippen molar-refractivity contribution in [1.82, 2.24) is 30.4 Å². The second-order valence-electron chi connectivity index (χ2n) is 4.80. The molecule has 0 radical (unpaired) electrons. The molecule has 1 aromatic rings. The summed E-state index contributed by atoms with van der Waals surface area (Å²) in [5.74, 6) is 1.29. The molecule has 0 bridgehead atoms. The molecule has 1 saturated heterocycles. The molecule has 1 aliphatic heterocycles. The first-order valence-corrected chi connectivity index (χ1v) is 6.43. The molecule has 100 valence electrons. The van der Waals surface area contributed by atoms with Crippen molar-refractivity contribution in [3.8, 4) is 0 Å². The number of nitrogens with zero attached hydrogens (tertiary/aromatic N) is 5. The molecule has 1 N–H and O–H groups in total. The van der Waals surface area contributed by atoms with Crippen molar-refractivity contribution in [2.75, 3.05) is 26.2 Å². The van der Waals surface area contributed by atoms with Crippen molar-refractivity contribution >= 4 is 5.91 Å². The van der Waals surface area contributed by atoms with E-state index in [1.165, 1.54) is 0 Å². The summed E-state index contributed by atoms with van der Waals surface area (Å²) in [4.78, 5) is 13.9. The average Bonchev–Trinajstić information content (AvgIpc) is 2.85. The SMILES string of the molecule is CC(C)c1nnnn1CCC(=O)N1CCNCC1. The lowest BCUT2D eigenvalue weighted by atomic mass is 10.2. The number of carbonyl (C=O) groups is 1. The van der Waals surface area contributed by atoms with Gasteiger partial charge < -0.3 is 10.2 Å². The standard InChI is InChI=1S/C11H20N6O/c1-9(2)11-13-14-15-17(11)6-3-10(18)16-7-4-12-5-8-16/h9,12H,3-8H2,1-2H3. The van der Waals surface area contributed by atoms with Gasteiger partial charge in [-0.1, -0.05) is 13.8 Å². The van der Waals surface area contributed by atoms with E-state index in [0.717, 1.165) is 32.0 Å². The third-order valence-corrected chi connectivity index (χ3v) is 3.08. The largest absolute Gasteiger partial charge is 0.340 e. The lowest BCUT2D eigenvalue weighted by Crippen LogP contribution is -2.46. The number of hydrogen-bond donors (Lipinski definition) is 1. The topological polar surface area (TPSA) is 75.9 Å². The van der Waals surface area contributed by atoms with Gasteiger partial charge in [0.1, 0.15) is 0 Å². The molecule has 0 saturated carbocycles. The molecule has 1 amide bonds. The zero-order valence-electron chi connectivity index (χ0n) is 11.0. The molecule has 7 heteroatoms. The fourth-order valence-corrected chi connectivity index (χ4v) is 2.06. The van der Waals surface area contributed by atoms with Crippen LogP contribution in [-0.2, 0) is 11.3 Å². The smallest absolute Gasteiger partial charge is 0.224 e. The Morgan fingerprint density at radius 2 is 2.11 bits per heavy atom. The van der Waals surface area contributed by atoms with Crippen molar-refractivity contribution in [3.05, 3.63) is 5.82 Å². The maximum Gasteiger partial charge on any atom is 0.224 e. The molecule has 2 heterocycles. The third kappa shape index (κ3) is 3.04. The molecule has 1 aromatic heterocycles. The zero-order chi connectivity index (χ0) is 13.0. The van der Waals surface area contributed by atoms with E-state index in [2.05, 4.69) is 20.8 Å². The highest BCUT2D eigenvalue weighted by molar-refractivity contribution is 5.76. The van der Waals surface area contributed by atoms with Crippen LogP contribution in [0.15, 0.2) is 0 Å². The second-order valence-corrected chi connectivity index (χ2v) is 4.80. The molecule has 1 aliphatic rings. The summed E-state index contributed by atoms with van der Waals surface area (Å²) in [5.41, 5.74) is 0. The minimum absolute atomic E-state index is 0.182. The molecule has 7 nitrogen and oxygen atoms in total. The summed E-state index contributed by atoms with van der Waals surface area (Å²) in [6, 6.07) is 0. The second kappa shape index (κ2) is 5.90. The first-order valence-electron chi connectivity index (χ1n) is 6.43. The molecule has 0 aromatic carbocycles. The average molecular weight is 252 g/mol. The van der Waals surface area contributed by atoms with E-state index in [9.17, 15) is 4.79 Å². The fraction of sp³-hybridized carbons (Fsp3) is 0.818. The van der Waals surface area contributed by atoms with Gasteiger partial charge >= 0.3 is 0 Å². The van der Waals surface area contributed by atoms with Gasteiger partial charge in [0, 0.05) is 38.5 Å². The predicted octanol–water partition coefficient (Wildman–Crippen LogP) is -0.382. The Bertz CT molecular complexity index is 396. The minimum atomic E-state index is 0.182. The van der Waals surface area contributed by atoms with Crippen molar-refractivity contribution < 1.29 is 4.79 Å². The van der Waals surface area contributed by atoms with Crippen LogP contribution < -0.4 is 5.32 Å². The van der Waals surface area contributed by atoms with Gasteiger partial charge in [-0.15, -0.1) is 5.10 Å². The summed E-state index contributed by atoms with van der Waals surface area (Å²) >= 11 is 0. The zero-order valence-corrected chi connectivity index (χ0v) is 11.0. The molecule has 0 spiro atoms. The van der Waals surface area contributed by atoms with E-state index in [4.69, 9.17) is 0 Å². The summed E-state index contributed by atoms with van der Waals surface area (Å²) in [6.45, 7) is 8.00. The molecular weight excluding hydrogens is 232 g/mol. The number of nitrogens with one attached hydrogen (secondary N) is 1. The van der Waals surface area contributed by atoms with Crippen LogP contribution in [0.4, 0.5) is 0 Å². The quantitative estimate of drug-likeness (QED) is 0.790. The lowest BCUT2D eigenvalue weighted by molar-refractivity contribution is -0.132. The van der Waals surface area contributed by atoms with Crippen molar-refractivity contribution in [3.63, 3.8) is 0 Å². The van der Waals surface area contributed by atoms with Gasteiger partial charge in [0.25, 0.3) is 0 Å². The molecule has 0 aliphatic carbocycles. The third-order valence-electron chi connectivity index (χ3n) is 3.08. The van der Waals surface area contributed by atoms with E-state index in [-0.39, 0.29) is 11.8 Å². The molecular formula is C11H20N6O. The Morgan fingerprint density at radius 1 is 1.39 bits per heavy atom. The summed E-state index contributed by atoms with van der Waals surface area (Å²) in [5, 5.41) is 14.8. The van der Waals surface area contributed by atoms with Gasteiger partial charge in [-0.3, -0.25) is 4.79 Å². The lowest BCUT2D eigenvalue weighted by Gasteiger charge is -2.27. The number of rotatable bonds is 4. The summed E-state index contributed by atoms with van der Waals surface area (Å²) in [6.07, 6.45) is 0.463. The van der Waals surface area contributed by atoms with Crippen LogP contribution >= 0.6 is 0 Å². The molecule has 18 heavy (non-hydrogen) atoms. The van der Waals surface area contributed by atoms with Crippen molar-refractivity contribution in [1.29, 1.82) is 0 Å². The van der Waals surface area contributed by atoms with Crippen LogP contribution in [0.2, 0.25) is 0 Å². The number of tetrazole rings is 1. The monoisotopic (exact) mass is 252 g/mol. The number of aromatic nitrogens is 4. The van der Waals surface area contributed by atoms with Crippen molar-refractivity contribution in [2.45, 2.75) is 32.7 Å². The number of aryl methyl sites for hydroxylation is 1. The molecule has 0 atom stereocenters. The van der Waals surface area contributed by atoms with E-state index in [0.29, 0.717) is 13.0 Å². The van der Waals surface area contributed by atoms with Gasteiger partial charge in [-0.05, 0) is 10.4 Å². The summed E-state index contributed by atoms with van der Waals surface area (Å²) in [7, 11) is 0. The first-order chi connectivity index (χ1) is 8.68. The number of piperazine rings is 1. The normalized spacial score (nSPS) is 16.3. The van der Waals surface area contributed by atoms with Crippen LogP contribution in [0.25, 0.3) is 0 Å². The first kappa shape index (κ1) is 12.9. The minimum Gasteiger partial charge on any atom is -0.340 e. The highest BCUT2D eigenvalue weighted by Crippen LogP contribution is 2.09. The predicted molar refractivity (Wildman–Crippen MR) is 66.0 cm³/mol. The van der Waals surface area contributed by atoms with Gasteiger partial charge in [0.05, 0.1) is 6.54 Å². The fourth-order valence-electron chi connectivity index (χ4n) is 2.06. The van der Waals surface area contributed by atoms with E-state index >= 15 is 0 Å². The van der Waals surface area contributed by atoms with Crippen molar-refractivity contribution in [2.24, 2.45) is 0 Å². The van der Waals surface area contributed by atoms with E-state index in [1.54, 1.807) is 4.68 Å². The highest BCUT2D eigenvalue weighted by Gasteiger charge is 2.17. The molecule has 2 rings (SSSR count). The van der Waals surface area contributed by atoms with E-state index in [1.807, 2.05) is 18.7 Å². The van der Waals surface area contributed by atoms with Gasteiger partial charge in [-0.2, -0.15) is 0 Å². The van der Waals surface area contributed by atoms with Crippen LogP contribution in [-0.4, -0.2) is 57.2 Å². The van der Waals surface area contributed by atoms with Crippen LogP contribution in [0, 0.1) is 0 Å². The van der Waals surface area contributed by atoms with Crippen LogP contribution in [0.1, 0.15) is 32.0 Å². The Kier molecular flexibility index (Phi) is 4.24. The highest BCUT2D eigenvalue weighted by atomic mass is 16.2. The van der Waals surface area contributed by atoms with Crippen LogP contribution in [0.5, 0.6) is 0 Å². The van der Waals surface area contributed by atoms with Gasteiger partial charge in [0.15, 0.2) is 5.82 Å². The molecule has 1 fully saturated rings. The maximum atomic E-state index is 12.0. The maximum absolute atomic E-state index is 12.0. The van der Waals surface area contributed by atoms with Gasteiger partial charge in [-0.25, -0.2) is 4.68 Å². The number of carbonyl (C=O) groups excluding carboxylic acids is 1. The number of hydrogen-bond acceptors (Lipinski definition) is 5.